The van der Waals surface area contributed by atoms with Crippen molar-refractivity contribution in [3.63, 3.8) is 0 Å². The molecule has 0 amide bonds. The summed E-state index contributed by atoms with van der Waals surface area (Å²) in [6, 6.07) is 13.1. The van der Waals surface area contributed by atoms with Gasteiger partial charge in [0.15, 0.2) is 11.6 Å². The van der Waals surface area contributed by atoms with Gasteiger partial charge >= 0.3 is 0 Å². The van der Waals surface area contributed by atoms with Gasteiger partial charge in [0, 0.05) is 37.8 Å². The second-order valence-corrected chi connectivity index (χ2v) is 9.12. The fourth-order valence-electron chi connectivity index (χ4n) is 3.55. The van der Waals surface area contributed by atoms with Crippen LogP contribution in [0.1, 0.15) is 0 Å². The first-order chi connectivity index (χ1) is 15.4. The van der Waals surface area contributed by atoms with E-state index in [1.807, 2.05) is 35.2 Å². The molecule has 0 saturated carbocycles. The van der Waals surface area contributed by atoms with Gasteiger partial charge in [0.05, 0.1) is 24.8 Å². The van der Waals surface area contributed by atoms with Crippen molar-refractivity contribution in [2.45, 2.75) is 4.90 Å². The second kappa shape index (κ2) is 9.09. The number of methoxy groups -OCH3 is 2. The van der Waals surface area contributed by atoms with Gasteiger partial charge in [-0.25, -0.2) is 22.8 Å². The lowest BCUT2D eigenvalue weighted by molar-refractivity contribution is 0.379. The number of benzene rings is 2. The van der Waals surface area contributed by atoms with Crippen LogP contribution in [0.4, 0.5) is 10.2 Å². The number of piperazine rings is 1. The molecular weight excluding hydrogens is 435 g/mol. The zero-order valence-corrected chi connectivity index (χ0v) is 18.5. The Morgan fingerprint density at radius 3 is 2.25 bits per heavy atom. The fourth-order valence-corrected chi connectivity index (χ4v) is 4.99. The van der Waals surface area contributed by atoms with Gasteiger partial charge in [-0.15, -0.1) is 0 Å². The van der Waals surface area contributed by atoms with Crippen molar-refractivity contribution in [2.24, 2.45) is 0 Å². The number of halogens is 1. The number of hydrogen-bond acceptors (Lipinski definition) is 7. The molecule has 0 atom stereocenters. The zero-order valence-electron chi connectivity index (χ0n) is 17.7. The van der Waals surface area contributed by atoms with E-state index >= 15 is 0 Å². The number of anilines is 1. The Morgan fingerprint density at radius 2 is 1.62 bits per heavy atom. The average Bonchev–Trinajstić information content (AvgIpc) is 2.84. The molecule has 1 saturated heterocycles. The number of hydrogen-bond donors (Lipinski definition) is 0. The number of aromatic nitrogens is 2. The highest BCUT2D eigenvalue weighted by molar-refractivity contribution is 7.89. The van der Waals surface area contributed by atoms with E-state index < -0.39 is 15.8 Å². The van der Waals surface area contributed by atoms with Crippen molar-refractivity contribution in [1.29, 1.82) is 0 Å². The SMILES string of the molecule is COc1ccc(-c2cc(N3CCN(S(=O)(=O)c4ccc(OC)c(F)c4)CC3)ncn2)cc1. The number of rotatable bonds is 6. The van der Waals surface area contributed by atoms with Crippen molar-refractivity contribution in [2.75, 3.05) is 45.3 Å². The molecule has 1 aromatic heterocycles. The fraction of sp³-hybridized carbons (Fsp3) is 0.273. The van der Waals surface area contributed by atoms with Gasteiger partial charge in [-0.2, -0.15) is 4.31 Å². The Morgan fingerprint density at radius 1 is 0.906 bits per heavy atom. The Hall–Kier alpha value is -3.24. The standard InChI is InChI=1S/C22H23FN4O4S/c1-30-17-5-3-16(4-6-17)20-14-22(25-15-24-20)26-9-11-27(12-10-26)32(28,29)18-7-8-21(31-2)19(23)13-18/h3-8,13-15H,9-12H2,1-2H3. The molecule has 0 unspecified atom stereocenters. The minimum atomic E-state index is -3.81. The lowest BCUT2D eigenvalue weighted by atomic mass is 10.1. The highest BCUT2D eigenvalue weighted by Crippen LogP contribution is 2.26. The molecule has 4 rings (SSSR count). The van der Waals surface area contributed by atoms with Crippen LogP contribution in [0.25, 0.3) is 11.3 Å². The topological polar surface area (TPSA) is 84.9 Å². The van der Waals surface area contributed by atoms with Crippen LogP contribution in [-0.2, 0) is 10.0 Å². The van der Waals surface area contributed by atoms with E-state index in [-0.39, 0.29) is 23.7 Å². The Balaban J connectivity index is 1.47. The molecule has 2 heterocycles. The van der Waals surface area contributed by atoms with Crippen molar-refractivity contribution >= 4 is 15.8 Å². The van der Waals surface area contributed by atoms with Gasteiger partial charge in [-0.1, -0.05) is 0 Å². The molecule has 0 bridgehead atoms. The summed E-state index contributed by atoms with van der Waals surface area (Å²) in [7, 11) is -0.860. The highest BCUT2D eigenvalue weighted by atomic mass is 32.2. The third kappa shape index (κ3) is 4.37. The van der Waals surface area contributed by atoms with Crippen LogP contribution >= 0.6 is 0 Å². The van der Waals surface area contributed by atoms with E-state index in [1.165, 1.54) is 29.9 Å². The molecule has 0 spiro atoms. The van der Waals surface area contributed by atoms with Crippen molar-refractivity contribution in [3.05, 3.63) is 60.7 Å². The van der Waals surface area contributed by atoms with Crippen LogP contribution in [0, 0.1) is 5.82 Å². The van der Waals surface area contributed by atoms with E-state index in [4.69, 9.17) is 9.47 Å². The molecule has 1 aliphatic rings. The first-order valence-corrected chi connectivity index (χ1v) is 11.4. The normalized spacial score (nSPS) is 14.9. The molecule has 0 aliphatic carbocycles. The molecule has 1 aliphatic heterocycles. The lowest BCUT2D eigenvalue weighted by Gasteiger charge is -2.34. The Labute approximate surface area is 186 Å². The molecule has 32 heavy (non-hydrogen) atoms. The van der Waals surface area contributed by atoms with Crippen LogP contribution in [0.15, 0.2) is 59.8 Å². The molecule has 168 valence electrons. The molecular formula is C22H23FN4O4S. The van der Waals surface area contributed by atoms with Crippen LogP contribution in [-0.4, -0.2) is 63.1 Å². The number of nitrogens with zero attached hydrogens (tertiary/aromatic N) is 4. The van der Waals surface area contributed by atoms with E-state index in [0.29, 0.717) is 13.1 Å². The van der Waals surface area contributed by atoms with E-state index in [0.717, 1.165) is 28.9 Å². The maximum atomic E-state index is 14.0. The summed E-state index contributed by atoms with van der Waals surface area (Å²) in [4.78, 5) is 10.6. The maximum Gasteiger partial charge on any atom is 0.243 e. The van der Waals surface area contributed by atoms with Gasteiger partial charge in [0.25, 0.3) is 0 Å². The molecule has 10 heteroatoms. The molecule has 2 aromatic carbocycles. The van der Waals surface area contributed by atoms with E-state index in [2.05, 4.69) is 9.97 Å². The summed E-state index contributed by atoms with van der Waals surface area (Å²) in [5, 5.41) is 0. The minimum Gasteiger partial charge on any atom is -0.497 e. The molecule has 0 radical (unpaired) electrons. The maximum absolute atomic E-state index is 14.0. The van der Waals surface area contributed by atoms with E-state index in [9.17, 15) is 12.8 Å². The number of ether oxygens (including phenoxy) is 2. The minimum absolute atomic E-state index is 0.00481. The zero-order chi connectivity index (χ0) is 22.7. The molecule has 0 N–H and O–H groups in total. The summed E-state index contributed by atoms with van der Waals surface area (Å²) in [5.74, 6) is 0.778. The predicted molar refractivity (Wildman–Crippen MR) is 118 cm³/mol. The quantitative estimate of drug-likeness (QED) is 0.562. The van der Waals surface area contributed by atoms with Gasteiger partial charge < -0.3 is 14.4 Å². The molecule has 1 fully saturated rings. The first kappa shape index (κ1) is 22.0. The monoisotopic (exact) mass is 458 g/mol. The predicted octanol–water partition coefficient (Wildman–Crippen LogP) is 2.81. The van der Waals surface area contributed by atoms with Crippen LogP contribution < -0.4 is 14.4 Å². The Kier molecular flexibility index (Phi) is 6.24. The third-order valence-electron chi connectivity index (χ3n) is 5.36. The highest BCUT2D eigenvalue weighted by Gasteiger charge is 2.29. The first-order valence-electron chi connectivity index (χ1n) is 9.97. The summed E-state index contributed by atoms with van der Waals surface area (Å²) in [6.07, 6.45) is 1.50. The summed E-state index contributed by atoms with van der Waals surface area (Å²) in [6.45, 7) is 1.43. The van der Waals surface area contributed by atoms with Gasteiger partial charge in [-0.3, -0.25) is 0 Å². The smallest absolute Gasteiger partial charge is 0.243 e. The lowest BCUT2D eigenvalue weighted by Crippen LogP contribution is -2.48. The molecule has 8 nitrogen and oxygen atoms in total. The summed E-state index contributed by atoms with van der Waals surface area (Å²) >= 11 is 0. The van der Waals surface area contributed by atoms with Crippen molar-refractivity contribution < 1.29 is 22.3 Å². The van der Waals surface area contributed by atoms with Crippen molar-refractivity contribution in [3.8, 4) is 22.8 Å². The second-order valence-electron chi connectivity index (χ2n) is 7.18. The van der Waals surface area contributed by atoms with Gasteiger partial charge in [0.1, 0.15) is 17.9 Å². The number of sulfonamides is 1. The summed E-state index contributed by atoms with van der Waals surface area (Å²) < 4.78 is 51.3. The summed E-state index contributed by atoms with van der Waals surface area (Å²) in [5.41, 5.74) is 1.69. The molecule has 3 aromatic rings. The van der Waals surface area contributed by atoms with Crippen LogP contribution in [0.3, 0.4) is 0 Å². The van der Waals surface area contributed by atoms with Crippen LogP contribution in [0.5, 0.6) is 11.5 Å². The Bertz CT molecular complexity index is 1200. The van der Waals surface area contributed by atoms with Gasteiger partial charge in [0.2, 0.25) is 10.0 Å². The van der Waals surface area contributed by atoms with Crippen LogP contribution in [0.2, 0.25) is 0 Å². The largest absolute Gasteiger partial charge is 0.497 e. The van der Waals surface area contributed by atoms with E-state index in [1.54, 1.807) is 7.11 Å². The van der Waals surface area contributed by atoms with Crippen molar-refractivity contribution in [1.82, 2.24) is 14.3 Å². The average molecular weight is 459 g/mol. The van der Waals surface area contributed by atoms with Gasteiger partial charge in [-0.05, 0) is 42.5 Å². The third-order valence-corrected chi connectivity index (χ3v) is 7.26.